The van der Waals surface area contributed by atoms with E-state index in [0.717, 1.165) is 16.1 Å². The van der Waals surface area contributed by atoms with Gasteiger partial charge in [-0.1, -0.05) is 47.8 Å². The second kappa shape index (κ2) is 6.57. The molecule has 1 amide bonds. The van der Waals surface area contributed by atoms with Gasteiger partial charge in [-0.2, -0.15) is 0 Å². The molecule has 3 rings (SSSR count). The van der Waals surface area contributed by atoms with Crippen LogP contribution in [0.25, 0.3) is 0 Å². The van der Waals surface area contributed by atoms with Crippen LogP contribution in [-0.4, -0.2) is 16.1 Å². The standard InChI is InChI=1S/C17H21N3OS/c1-11-8-12(2)10-14(9-11)15(21)18-17-20-19-16(22-17)13-6-4-3-5-7-13/h8-10,13H,3-7H2,1-2H3,(H,18,20,21). The van der Waals surface area contributed by atoms with Crippen LogP contribution in [-0.2, 0) is 0 Å². The Kier molecular flexibility index (Phi) is 4.52. The zero-order valence-corrected chi connectivity index (χ0v) is 13.9. The molecule has 22 heavy (non-hydrogen) atoms. The highest BCUT2D eigenvalue weighted by atomic mass is 32.1. The lowest BCUT2D eigenvalue weighted by atomic mass is 9.90. The van der Waals surface area contributed by atoms with Crippen molar-refractivity contribution >= 4 is 22.4 Å². The third-order valence-electron chi connectivity index (χ3n) is 4.10. The number of rotatable bonds is 3. The van der Waals surface area contributed by atoms with Crippen LogP contribution < -0.4 is 5.32 Å². The summed E-state index contributed by atoms with van der Waals surface area (Å²) in [7, 11) is 0. The van der Waals surface area contributed by atoms with Crippen molar-refractivity contribution in [3.05, 3.63) is 39.9 Å². The number of aryl methyl sites for hydroxylation is 2. The number of carbonyl (C=O) groups is 1. The molecule has 2 aromatic rings. The Bertz CT molecular complexity index is 654. The first-order valence-electron chi connectivity index (χ1n) is 7.85. The van der Waals surface area contributed by atoms with E-state index in [4.69, 9.17) is 0 Å². The third kappa shape index (κ3) is 3.53. The summed E-state index contributed by atoms with van der Waals surface area (Å²) in [5, 5.41) is 13.0. The van der Waals surface area contributed by atoms with E-state index in [1.807, 2.05) is 26.0 Å². The fourth-order valence-electron chi connectivity index (χ4n) is 3.07. The first kappa shape index (κ1) is 15.2. The number of carbonyl (C=O) groups excluding carboxylic acids is 1. The van der Waals surface area contributed by atoms with Gasteiger partial charge in [0.25, 0.3) is 5.91 Å². The van der Waals surface area contributed by atoms with E-state index in [0.29, 0.717) is 16.6 Å². The molecule has 5 heteroatoms. The largest absolute Gasteiger partial charge is 0.296 e. The summed E-state index contributed by atoms with van der Waals surface area (Å²) < 4.78 is 0. The summed E-state index contributed by atoms with van der Waals surface area (Å²) >= 11 is 1.52. The molecule has 1 saturated carbocycles. The van der Waals surface area contributed by atoms with Crippen LogP contribution in [0.1, 0.15) is 64.5 Å². The molecule has 0 atom stereocenters. The van der Waals surface area contributed by atoms with Gasteiger partial charge in [0.05, 0.1) is 0 Å². The van der Waals surface area contributed by atoms with Crippen molar-refractivity contribution in [3.8, 4) is 0 Å². The lowest BCUT2D eigenvalue weighted by Crippen LogP contribution is -2.12. The zero-order chi connectivity index (χ0) is 15.5. The summed E-state index contributed by atoms with van der Waals surface area (Å²) in [5.74, 6) is 0.413. The third-order valence-corrected chi connectivity index (χ3v) is 5.10. The Morgan fingerprint density at radius 2 is 1.77 bits per heavy atom. The maximum absolute atomic E-state index is 12.3. The number of nitrogens with one attached hydrogen (secondary N) is 1. The molecule has 0 spiro atoms. The summed E-state index contributed by atoms with van der Waals surface area (Å²) in [6.07, 6.45) is 6.26. The number of nitrogens with zero attached hydrogens (tertiary/aromatic N) is 2. The van der Waals surface area contributed by atoms with Gasteiger partial charge in [-0.3, -0.25) is 10.1 Å². The molecule has 0 aliphatic heterocycles. The predicted molar refractivity (Wildman–Crippen MR) is 89.6 cm³/mol. The van der Waals surface area contributed by atoms with Crippen LogP contribution in [0.2, 0.25) is 0 Å². The number of benzene rings is 1. The smallest absolute Gasteiger partial charge is 0.257 e. The van der Waals surface area contributed by atoms with Gasteiger partial charge in [-0.15, -0.1) is 10.2 Å². The molecule has 1 fully saturated rings. The summed E-state index contributed by atoms with van der Waals surface area (Å²) in [6, 6.07) is 5.85. The van der Waals surface area contributed by atoms with Crippen molar-refractivity contribution in [1.82, 2.24) is 10.2 Å². The molecule has 1 aliphatic carbocycles. The van der Waals surface area contributed by atoms with Gasteiger partial charge < -0.3 is 0 Å². The molecule has 1 aliphatic rings. The molecule has 0 unspecified atom stereocenters. The molecule has 1 aromatic carbocycles. The Morgan fingerprint density at radius 1 is 1.09 bits per heavy atom. The fourth-order valence-corrected chi connectivity index (χ4v) is 3.98. The molecule has 116 valence electrons. The average Bonchev–Trinajstić information content (AvgIpc) is 2.95. The highest BCUT2D eigenvalue weighted by Gasteiger charge is 2.20. The van der Waals surface area contributed by atoms with Gasteiger partial charge in [0.15, 0.2) is 0 Å². The molecule has 1 aromatic heterocycles. The Hall–Kier alpha value is -1.75. The van der Waals surface area contributed by atoms with Gasteiger partial charge >= 0.3 is 0 Å². The molecule has 0 radical (unpaired) electrons. The first-order chi connectivity index (χ1) is 10.6. The van der Waals surface area contributed by atoms with E-state index in [9.17, 15) is 4.79 Å². The number of hydrogen-bond donors (Lipinski definition) is 1. The maximum atomic E-state index is 12.3. The summed E-state index contributed by atoms with van der Waals surface area (Å²) in [5.41, 5.74) is 2.85. The Morgan fingerprint density at radius 3 is 2.45 bits per heavy atom. The van der Waals surface area contributed by atoms with Crippen molar-refractivity contribution in [2.75, 3.05) is 5.32 Å². The van der Waals surface area contributed by atoms with E-state index in [-0.39, 0.29) is 5.91 Å². The fraction of sp³-hybridized carbons (Fsp3) is 0.471. The molecular weight excluding hydrogens is 294 g/mol. The number of anilines is 1. The SMILES string of the molecule is Cc1cc(C)cc(C(=O)Nc2nnc(C3CCCCC3)s2)c1. The van der Waals surface area contributed by atoms with E-state index in [1.165, 1.54) is 43.4 Å². The summed E-state index contributed by atoms with van der Waals surface area (Å²) in [4.78, 5) is 12.3. The van der Waals surface area contributed by atoms with Crippen LogP contribution in [0.5, 0.6) is 0 Å². The Balaban J connectivity index is 1.70. The maximum Gasteiger partial charge on any atom is 0.257 e. The quantitative estimate of drug-likeness (QED) is 0.910. The molecule has 1 N–H and O–H groups in total. The van der Waals surface area contributed by atoms with Crippen LogP contribution in [0.15, 0.2) is 18.2 Å². The van der Waals surface area contributed by atoms with Crippen molar-refractivity contribution in [1.29, 1.82) is 0 Å². The van der Waals surface area contributed by atoms with Crippen LogP contribution >= 0.6 is 11.3 Å². The van der Waals surface area contributed by atoms with Gasteiger partial charge in [-0.25, -0.2) is 0 Å². The minimum absolute atomic E-state index is 0.113. The molecular formula is C17H21N3OS. The number of aromatic nitrogens is 2. The van der Waals surface area contributed by atoms with Crippen LogP contribution in [0, 0.1) is 13.8 Å². The zero-order valence-electron chi connectivity index (χ0n) is 13.1. The first-order valence-corrected chi connectivity index (χ1v) is 8.66. The molecule has 4 nitrogen and oxygen atoms in total. The van der Waals surface area contributed by atoms with Gasteiger partial charge in [0.2, 0.25) is 5.13 Å². The van der Waals surface area contributed by atoms with E-state index in [2.05, 4.69) is 21.6 Å². The molecule has 0 saturated heterocycles. The molecule has 0 bridgehead atoms. The normalized spacial score (nSPS) is 15.7. The van der Waals surface area contributed by atoms with Crippen LogP contribution in [0.4, 0.5) is 5.13 Å². The average molecular weight is 315 g/mol. The highest BCUT2D eigenvalue weighted by molar-refractivity contribution is 7.15. The van der Waals surface area contributed by atoms with Gasteiger partial charge in [0, 0.05) is 11.5 Å². The molecule has 1 heterocycles. The minimum Gasteiger partial charge on any atom is -0.296 e. The van der Waals surface area contributed by atoms with Crippen LogP contribution in [0.3, 0.4) is 0 Å². The van der Waals surface area contributed by atoms with Crippen molar-refractivity contribution in [3.63, 3.8) is 0 Å². The van der Waals surface area contributed by atoms with E-state index >= 15 is 0 Å². The number of amides is 1. The Labute approximate surface area is 135 Å². The van der Waals surface area contributed by atoms with E-state index < -0.39 is 0 Å². The minimum atomic E-state index is -0.113. The predicted octanol–water partition coefficient (Wildman–Crippen LogP) is 4.45. The van der Waals surface area contributed by atoms with E-state index in [1.54, 1.807) is 0 Å². The monoisotopic (exact) mass is 315 g/mol. The van der Waals surface area contributed by atoms with Crippen molar-refractivity contribution < 1.29 is 4.79 Å². The lowest BCUT2D eigenvalue weighted by Gasteiger charge is -2.18. The second-order valence-corrected chi connectivity index (χ2v) is 7.12. The van der Waals surface area contributed by atoms with Gasteiger partial charge in [-0.05, 0) is 38.8 Å². The highest BCUT2D eigenvalue weighted by Crippen LogP contribution is 2.35. The summed E-state index contributed by atoms with van der Waals surface area (Å²) in [6.45, 7) is 3.99. The topological polar surface area (TPSA) is 54.9 Å². The van der Waals surface area contributed by atoms with Crippen molar-refractivity contribution in [2.24, 2.45) is 0 Å². The second-order valence-electron chi connectivity index (χ2n) is 6.11. The number of hydrogen-bond acceptors (Lipinski definition) is 4. The lowest BCUT2D eigenvalue weighted by molar-refractivity contribution is 0.102. The van der Waals surface area contributed by atoms with Crippen molar-refractivity contribution in [2.45, 2.75) is 51.9 Å². The van der Waals surface area contributed by atoms with Gasteiger partial charge in [0.1, 0.15) is 5.01 Å².